The second-order valence-electron chi connectivity index (χ2n) is 8.78. The van der Waals surface area contributed by atoms with Crippen molar-refractivity contribution in [2.45, 2.75) is 57.8 Å². The van der Waals surface area contributed by atoms with Gasteiger partial charge in [-0.2, -0.15) is 14.4 Å². The van der Waals surface area contributed by atoms with Crippen molar-refractivity contribution in [2.75, 3.05) is 29.9 Å². The maximum atomic E-state index is 14.4. The summed E-state index contributed by atoms with van der Waals surface area (Å²) in [5, 5.41) is 12.4. The summed E-state index contributed by atoms with van der Waals surface area (Å²) in [6.07, 6.45) is 3.30. The van der Waals surface area contributed by atoms with Crippen LogP contribution in [0.4, 0.5) is 21.7 Å². The minimum Gasteiger partial charge on any atom is -0.475 e. The molecule has 174 valence electrons. The van der Waals surface area contributed by atoms with Crippen molar-refractivity contribution in [3.63, 3.8) is 0 Å². The smallest absolute Gasteiger partial charge is 0.257 e. The van der Waals surface area contributed by atoms with Crippen molar-refractivity contribution in [3.05, 3.63) is 35.2 Å². The number of benzene rings is 1. The van der Waals surface area contributed by atoms with Gasteiger partial charge >= 0.3 is 0 Å². The monoisotopic (exact) mass is 464 g/mol. The average Bonchev–Trinajstić information content (AvgIpc) is 2.76. The van der Waals surface area contributed by atoms with Crippen LogP contribution < -0.4 is 15.0 Å². The predicted octanol–water partition coefficient (Wildman–Crippen LogP) is 4.56. The molecule has 0 radical (unpaired) electrons. The molecule has 1 aromatic heterocycles. The molecule has 2 heterocycles. The minimum absolute atomic E-state index is 0.161. The highest BCUT2D eigenvalue weighted by molar-refractivity contribution is 6.29. The number of anilines is 3. The number of aliphatic hydroxyl groups excluding tert-OH is 1. The molecule has 32 heavy (non-hydrogen) atoms. The Morgan fingerprint density at radius 2 is 1.78 bits per heavy atom. The Morgan fingerprint density at radius 3 is 2.44 bits per heavy atom. The van der Waals surface area contributed by atoms with E-state index in [1.807, 2.05) is 24.3 Å². The Bertz CT molecular complexity index is 899. The van der Waals surface area contributed by atoms with Crippen LogP contribution in [0.25, 0.3) is 0 Å². The summed E-state index contributed by atoms with van der Waals surface area (Å²) in [6, 6.07) is 7.89. The fourth-order valence-electron chi connectivity index (χ4n) is 4.33. The topological polar surface area (TPSA) is 79.7 Å². The van der Waals surface area contributed by atoms with Gasteiger partial charge in [0.1, 0.15) is 0 Å². The summed E-state index contributed by atoms with van der Waals surface area (Å²) in [4.78, 5) is 10.5. The van der Waals surface area contributed by atoms with E-state index in [0.717, 1.165) is 50.1 Å². The van der Waals surface area contributed by atoms with Crippen molar-refractivity contribution in [1.82, 2.24) is 9.97 Å². The molecule has 9 heteroatoms. The summed E-state index contributed by atoms with van der Waals surface area (Å²) in [7, 11) is 0. The largest absolute Gasteiger partial charge is 0.475 e. The lowest BCUT2D eigenvalue weighted by atomic mass is 9.88. The van der Waals surface area contributed by atoms with Crippen LogP contribution in [0.2, 0.25) is 5.15 Å². The van der Waals surface area contributed by atoms with Crippen LogP contribution in [0, 0.1) is 11.7 Å². The van der Waals surface area contributed by atoms with Crippen molar-refractivity contribution in [3.8, 4) is 5.88 Å². The van der Waals surface area contributed by atoms with Crippen LogP contribution in [-0.4, -0.2) is 53.1 Å². The van der Waals surface area contributed by atoms with Gasteiger partial charge in [-0.15, -0.1) is 0 Å². The first kappa shape index (κ1) is 23.0. The Hall–Kier alpha value is -2.16. The first-order valence-corrected chi connectivity index (χ1v) is 11.6. The van der Waals surface area contributed by atoms with E-state index in [9.17, 15) is 9.50 Å². The Kier molecular flexibility index (Phi) is 7.33. The van der Waals surface area contributed by atoms with Gasteiger partial charge in [-0.05, 0) is 69.7 Å². The first-order chi connectivity index (χ1) is 15.4. The van der Waals surface area contributed by atoms with Gasteiger partial charge < -0.3 is 24.8 Å². The molecular weight excluding hydrogens is 435 g/mol. The van der Waals surface area contributed by atoms with Crippen molar-refractivity contribution in [2.24, 2.45) is 5.92 Å². The predicted molar refractivity (Wildman–Crippen MR) is 122 cm³/mol. The highest BCUT2D eigenvalue weighted by atomic mass is 35.5. The van der Waals surface area contributed by atoms with Crippen molar-refractivity contribution >= 4 is 28.9 Å². The van der Waals surface area contributed by atoms with Gasteiger partial charge in [-0.25, -0.2) is 0 Å². The molecule has 1 saturated carbocycles. The molecule has 2 aliphatic rings. The summed E-state index contributed by atoms with van der Waals surface area (Å²) in [6.45, 7) is 6.17. The fourth-order valence-corrected chi connectivity index (χ4v) is 4.49. The molecule has 0 amide bonds. The third-order valence-electron chi connectivity index (χ3n) is 5.96. The normalized spacial score (nSPS) is 26.1. The van der Waals surface area contributed by atoms with E-state index in [4.69, 9.17) is 21.1 Å². The molecule has 1 aromatic carbocycles. The lowest BCUT2D eigenvalue weighted by Gasteiger charge is -2.36. The van der Waals surface area contributed by atoms with Crippen LogP contribution in [0.5, 0.6) is 5.88 Å². The first-order valence-electron chi connectivity index (χ1n) is 11.2. The quantitative estimate of drug-likeness (QED) is 0.607. The van der Waals surface area contributed by atoms with Gasteiger partial charge in [0.25, 0.3) is 5.88 Å². The molecular formula is C23H30ClFN4O3. The Labute approximate surface area is 192 Å². The van der Waals surface area contributed by atoms with E-state index in [0.29, 0.717) is 6.61 Å². The average molecular weight is 465 g/mol. The maximum Gasteiger partial charge on any atom is 0.257 e. The number of ether oxygens (including phenoxy) is 2. The zero-order valence-corrected chi connectivity index (χ0v) is 19.2. The summed E-state index contributed by atoms with van der Waals surface area (Å²) >= 11 is 5.98. The van der Waals surface area contributed by atoms with Gasteiger partial charge in [0, 0.05) is 24.5 Å². The highest BCUT2D eigenvalue weighted by Crippen LogP contribution is 2.29. The zero-order chi connectivity index (χ0) is 22.7. The Morgan fingerprint density at radius 1 is 1.12 bits per heavy atom. The lowest BCUT2D eigenvalue weighted by Crippen LogP contribution is -2.45. The molecule has 1 aliphatic heterocycles. The van der Waals surface area contributed by atoms with Crippen LogP contribution in [0.15, 0.2) is 24.3 Å². The molecule has 1 aliphatic carbocycles. The SMILES string of the molecule is C[C@@H]1CN(c2ccc(Nc3nc(Cl)c(F)c(OC[C@H]4CC[C@H](O)CC4)n3)cc2)C[C@H](C)O1. The summed E-state index contributed by atoms with van der Waals surface area (Å²) < 4.78 is 25.8. The molecule has 0 unspecified atom stereocenters. The number of nitrogens with one attached hydrogen (secondary N) is 1. The lowest BCUT2D eigenvalue weighted by molar-refractivity contribution is -0.00521. The second-order valence-corrected chi connectivity index (χ2v) is 9.13. The van der Waals surface area contributed by atoms with E-state index in [1.165, 1.54) is 0 Å². The number of nitrogens with zero attached hydrogens (tertiary/aromatic N) is 3. The number of halogens is 2. The number of aliphatic hydroxyl groups is 1. The molecule has 2 aromatic rings. The van der Waals surface area contributed by atoms with Gasteiger partial charge in [0.2, 0.25) is 11.8 Å². The number of hydrogen-bond donors (Lipinski definition) is 2. The maximum absolute atomic E-state index is 14.4. The zero-order valence-electron chi connectivity index (χ0n) is 18.4. The standard InChI is InChI=1S/C23H30ClFN4O3/c1-14-11-29(12-15(2)32-14)18-7-5-17(6-8-18)26-23-27-21(24)20(25)22(28-23)31-13-16-3-9-19(30)10-4-16/h5-8,14-16,19,30H,3-4,9-13H2,1-2H3,(H,26,27,28)/t14-,15+,16-,19-. The third-order valence-corrected chi connectivity index (χ3v) is 6.21. The van der Waals surface area contributed by atoms with Crippen molar-refractivity contribution in [1.29, 1.82) is 0 Å². The fraction of sp³-hybridized carbons (Fsp3) is 0.565. The number of aromatic nitrogens is 2. The number of rotatable bonds is 6. The molecule has 2 atom stereocenters. The van der Waals surface area contributed by atoms with E-state index < -0.39 is 5.82 Å². The van der Waals surface area contributed by atoms with Crippen molar-refractivity contribution < 1.29 is 19.0 Å². The number of morpholine rings is 1. The van der Waals surface area contributed by atoms with E-state index in [-0.39, 0.29) is 41.2 Å². The van der Waals surface area contributed by atoms with Crippen LogP contribution in [0.3, 0.4) is 0 Å². The van der Waals surface area contributed by atoms with E-state index in [2.05, 4.69) is 34.0 Å². The third kappa shape index (κ3) is 5.79. The highest BCUT2D eigenvalue weighted by Gasteiger charge is 2.23. The summed E-state index contributed by atoms with van der Waals surface area (Å²) in [5.74, 6) is -0.488. The Balaban J connectivity index is 1.40. The molecule has 0 spiro atoms. The van der Waals surface area contributed by atoms with Gasteiger partial charge in [0.05, 0.1) is 24.9 Å². The molecule has 2 N–H and O–H groups in total. The van der Waals surface area contributed by atoms with E-state index in [1.54, 1.807) is 0 Å². The molecule has 4 rings (SSSR count). The molecule has 7 nitrogen and oxygen atoms in total. The van der Waals surface area contributed by atoms with E-state index >= 15 is 0 Å². The van der Waals surface area contributed by atoms with Crippen LogP contribution in [-0.2, 0) is 4.74 Å². The van der Waals surface area contributed by atoms with Gasteiger partial charge in [-0.3, -0.25) is 0 Å². The minimum atomic E-state index is -0.765. The van der Waals surface area contributed by atoms with Gasteiger partial charge in [-0.1, -0.05) is 11.6 Å². The van der Waals surface area contributed by atoms with Gasteiger partial charge in [0.15, 0.2) is 5.15 Å². The second kappa shape index (κ2) is 10.2. The molecule has 2 fully saturated rings. The number of hydrogen-bond acceptors (Lipinski definition) is 7. The summed E-state index contributed by atoms with van der Waals surface area (Å²) in [5.41, 5.74) is 1.87. The van der Waals surface area contributed by atoms with Crippen LogP contribution in [0.1, 0.15) is 39.5 Å². The van der Waals surface area contributed by atoms with Crippen LogP contribution >= 0.6 is 11.6 Å². The molecule has 1 saturated heterocycles. The molecule has 0 bridgehead atoms.